The minimum Gasteiger partial charge on any atom is -0.399 e. The van der Waals surface area contributed by atoms with Crippen LogP contribution < -0.4 is 5.73 Å². The number of nitrogens with two attached hydrogens (primary N) is 1. The van der Waals surface area contributed by atoms with Crippen LogP contribution in [-0.4, -0.2) is 0 Å². The van der Waals surface area contributed by atoms with Gasteiger partial charge < -0.3 is 5.73 Å². The summed E-state index contributed by atoms with van der Waals surface area (Å²) >= 11 is 0. The van der Waals surface area contributed by atoms with E-state index < -0.39 is 17.6 Å². The zero-order valence-corrected chi connectivity index (χ0v) is 10.1. The van der Waals surface area contributed by atoms with Gasteiger partial charge in [0.25, 0.3) is 0 Å². The molecule has 0 heterocycles. The van der Waals surface area contributed by atoms with E-state index in [0.717, 1.165) is 6.07 Å². The molecule has 2 aromatic rings. The van der Waals surface area contributed by atoms with E-state index in [9.17, 15) is 17.6 Å². The molecule has 2 rings (SSSR count). The first kappa shape index (κ1) is 13.9. The van der Waals surface area contributed by atoms with Crippen molar-refractivity contribution in [2.45, 2.75) is 6.18 Å². The fourth-order valence-electron chi connectivity index (χ4n) is 1.58. The SMILES string of the molecule is Nc1cccc(C#Cc2ccc(F)c(C(F)(F)F)c2)c1. The predicted octanol–water partition coefficient (Wildman–Crippen LogP) is 3.83. The smallest absolute Gasteiger partial charge is 0.399 e. The third-order valence-corrected chi connectivity index (χ3v) is 2.51. The lowest BCUT2D eigenvalue weighted by Gasteiger charge is -2.07. The van der Waals surface area contributed by atoms with Gasteiger partial charge in [0.15, 0.2) is 0 Å². The molecular formula is C15H9F4N. The van der Waals surface area contributed by atoms with Crippen molar-refractivity contribution in [1.29, 1.82) is 0 Å². The number of nitrogen functional groups attached to an aromatic ring is 1. The van der Waals surface area contributed by atoms with Crippen LogP contribution in [0.15, 0.2) is 42.5 Å². The van der Waals surface area contributed by atoms with Crippen LogP contribution in [0.2, 0.25) is 0 Å². The summed E-state index contributed by atoms with van der Waals surface area (Å²) in [6.45, 7) is 0. The van der Waals surface area contributed by atoms with Gasteiger partial charge in [-0.1, -0.05) is 17.9 Å². The van der Waals surface area contributed by atoms with Crippen LogP contribution in [0, 0.1) is 17.7 Å². The maximum absolute atomic E-state index is 13.1. The first-order chi connectivity index (χ1) is 9.36. The Morgan fingerprint density at radius 2 is 1.55 bits per heavy atom. The topological polar surface area (TPSA) is 26.0 Å². The van der Waals surface area contributed by atoms with Crippen molar-refractivity contribution in [3.05, 3.63) is 65.0 Å². The molecule has 102 valence electrons. The van der Waals surface area contributed by atoms with Gasteiger partial charge in [-0.05, 0) is 36.4 Å². The molecule has 0 radical (unpaired) electrons. The summed E-state index contributed by atoms with van der Waals surface area (Å²) in [5, 5.41) is 0. The molecule has 2 aromatic carbocycles. The Kier molecular flexibility index (Phi) is 3.66. The zero-order valence-electron chi connectivity index (χ0n) is 10.1. The van der Waals surface area contributed by atoms with E-state index in [1.807, 2.05) is 0 Å². The molecule has 0 unspecified atom stereocenters. The van der Waals surface area contributed by atoms with Gasteiger partial charge in [-0.2, -0.15) is 13.2 Å². The average Bonchev–Trinajstić information content (AvgIpc) is 2.36. The summed E-state index contributed by atoms with van der Waals surface area (Å²) in [6, 6.07) is 9.28. The summed E-state index contributed by atoms with van der Waals surface area (Å²) in [4.78, 5) is 0. The lowest BCUT2D eigenvalue weighted by Crippen LogP contribution is -2.08. The maximum atomic E-state index is 13.1. The number of alkyl halides is 3. The lowest BCUT2D eigenvalue weighted by atomic mass is 10.1. The van der Waals surface area contributed by atoms with E-state index >= 15 is 0 Å². The van der Waals surface area contributed by atoms with Crippen molar-refractivity contribution in [2.24, 2.45) is 0 Å². The minimum atomic E-state index is -4.74. The van der Waals surface area contributed by atoms with Gasteiger partial charge in [0.1, 0.15) is 5.82 Å². The van der Waals surface area contributed by atoms with Gasteiger partial charge in [-0.3, -0.25) is 0 Å². The van der Waals surface area contributed by atoms with E-state index in [-0.39, 0.29) is 5.56 Å². The Morgan fingerprint density at radius 1 is 0.900 bits per heavy atom. The molecule has 0 aliphatic heterocycles. The van der Waals surface area contributed by atoms with Crippen LogP contribution in [0.25, 0.3) is 0 Å². The summed E-state index contributed by atoms with van der Waals surface area (Å²) in [5.74, 6) is 3.92. The van der Waals surface area contributed by atoms with Crippen molar-refractivity contribution in [2.75, 3.05) is 5.73 Å². The van der Waals surface area contributed by atoms with E-state index in [1.165, 1.54) is 6.07 Å². The van der Waals surface area contributed by atoms with Gasteiger partial charge in [-0.25, -0.2) is 4.39 Å². The Morgan fingerprint density at radius 3 is 2.15 bits per heavy atom. The molecule has 20 heavy (non-hydrogen) atoms. The molecule has 2 N–H and O–H groups in total. The number of benzene rings is 2. The standard InChI is InChI=1S/C15H9F4N/c16-14-7-6-11(9-13(14)15(17,18)19)5-4-10-2-1-3-12(20)8-10/h1-3,6-9H,20H2. The highest BCUT2D eigenvalue weighted by Crippen LogP contribution is 2.31. The molecule has 1 nitrogen and oxygen atoms in total. The molecule has 0 aliphatic carbocycles. The maximum Gasteiger partial charge on any atom is 0.419 e. The fraction of sp³-hybridized carbons (Fsp3) is 0.0667. The fourth-order valence-corrected chi connectivity index (χ4v) is 1.58. The third-order valence-electron chi connectivity index (χ3n) is 2.51. The number of halogens is 4. The van der Waals surface area contributed by atoms with Gasteiger partial charge >= 0.3 is 6.18 Å². The van der Waals surface area contributed by atoms with Gasteiger partial charge in [0, 0.05) is 16.8 Å². The zero-order chi connectivity index (χ0) is 14.8. The highest BCUT2D eigenvalue weighted by molar-refractivity contribution is 5.50. The monoisotopic (exact) mass is 279 g/mol. The van der Waals surface area contributed by atoms with Crippen LogP contribution in [0.5, 0.6) is 0 Å². The summed E-state index contributed by atoms with van der Waals surface area (Å²) in [5.41, 5.74) is 5.40. The Hall–Kier alpha value is -2.48. The van der Waals surface area contributed by atoms with E-state index in [2.05, 4.69) is 11.8 Å². The first-order valence-corrected chi connectivity index (χ1v) is 5.60. The Balaban J connectivity index is 2.37. The molecule has 0 aliphatic rings. The Bertz CT molecular complexity index is 693. The quantitative estimate of drug-likeness (QED) is 0.443. The molecule has 0 saturated heterocycles. The number of hydrogen-bond acceptors (Lipinski definition) is 1. The van der Waals surface area contributed by atoms with Crippen LogP contribution in [0.4, 0.5) is 23.2 Å². The predicted molar refractivity (Wildman–Crippen MR) is 68.2 cm³/mol. The number of anilines is 1. The third kappa shape index (κ3) is 3.29. The molecule has 0 spiro atoms. The Labute approximate surface area is 113 Å². The van der Waals surface area contributed by atoms with Gasteiger partial charge in [0.05, 0.1) is 5.56 Å². The van der Waals surface area contributed by atoms with Crippen LogP contribution >= 0.6 is 0 Å². The molecule has 0 aromatic heterocycles. The molecule has 5 heteroatoms. The second kappa shape index (κ2) is 5.25. The lowest BCUT2D eigenvalue weighted by molar-refractivity contribution is -0.140. The molecule has 0 fully saturated rings. The summed E-state index contributed by atoms with van der Waals surface area (Å²) in [6.07, 6.45) is -4.74. The van der Waals surface area contributed by atoms with Crippen LogP contribution in [0.3, 0.4) is 0 Å². The second-order valence-corrected chi connectivity index (χ2v) is 4.07. The van der Waals surface area contributed by atoms with Gasteiger partial charge in [-0.15, -0.1) is 0 Å². The number of hydrogen-bond donors (Lipinski definition) is 1. The largest absolute Gasteiger partial charge is 0.419 e. The minimum absolute atomic E-state index is 0.0844. The van der Waals surface area contributed by atoms with Crippen LogP contribution in [0.1, 0.15) is 16.7 Å². The normalized spacial score (nSPS) is 10.8. The highest BCUT2D eigenvalue weighted by Gasteiger charge is 2.34. The summed E-state index contributed by atoms with van der Waals surface area (Å²) < 4.78 is 50.7. The molecule has 0 amide bonds. The van der Waals surface area contributed by atoms with Crippen molar-refractivity contribution in [1.82, 2.24) is 0 Å². The van der Waals surface area contributed by atoms with E-state index in [1.54, 1.807) is 24.3 Å². The second-order valence-electron chi connectivity index (χ2n) is 4.07. The molecule has 0 saturated carbocycles. The first-order valence-electron chi connectivity index (χ1n) is 5.60. The van der Waals surface area contributed by atoms with Crippen molar-refractivity contribution in [3.8, 4) is 11.8 Å². The average molecular weight is 279 g/mol. The molecule has 0 atom stereocenters. The van der Waals surface area contributed by atoms with E-state index in [4.69, 9.17) is 5.73 Å². The molecular weight excluding hydrogens is 270 g/mol. The highest BCUT2D eigenvalue weighted by atomic mass is 19.4. The number of rotatable bonds is 0. The summed E-state index contributed by atoms with van der Waals surface area (Å²) in [7, 11) is 0. The van der Waals surface area contributed by atoms with Gasteiger partial charge in [0.2, 0.25) is 0 Å². The van der Waals surface area contributed by atoms with Crippen molar-refractivity contribution in [3.63, 3.8) is 0 Å². The van der Waals surface area contributed by atoms with Crippen LogP contribution in [-0.2, 0) is 6.18 Å². The van der Waals surface area contributed by atoms with Crippen molar-refractivity contribution >= 4 is 5.69 Å². The molecule has 0 bridgehead atoms. The van der Waals surface area contributed by atoms with Crippen molar-refractivity contribution < 1.29 is 17.6 Å². The van der Waals surface area contributed by atoms with E-state index in [0.29, 0.717) is 17.3 Å².